The van der Waals surface area contributed by atoms with E-state index in [0.29, 0.717) is 32.4 Å². The van der Waals surface area contributed by atoms with Crippen LogP contribution in [0.1, 0.15) is 51.7 Å². The minimum absolute atomic E-state index is 0.0406. The number of amides is 3. The van der Waals surface area contributed by atoms with Gasteiger partial charge in [0.05, 0.1) is 10.8 Å². The highest BCUT2D eigenvalue weighted by atomic mass is 35.5. The average molecular weight is 641 g/mol. The maximum atomic E-state index is 13.4. The molecule has 1 unspecified atom stereocenters. The van der Waals surface area contributed by atoms with E-state index in [1.165, 1.54) is 28.0 Å². The predicted octanol–water partition coefficient (Wildman–Crippen LogP) is 7.68. The van der Waals surface area contributed by atoms with Gasteiger partial charge in [0.25, 0.3) is 11.8 Å². The number of hydrogen-bond acceptors (Lipinski definition) is 6. The number of benzene rings is 3. The van der Waals surface area contributed by atoms with Crippen molar-refractivity contribution in [2.24, 2.45) is 0 Å². The van der Waals surface area contributed by atoms with Crippen LogP contribution in [0.2, 0.25) is 5.02 Å². The number of nitrogens with one attached hydrogen (secondary N) is 3. The van der Waals surface area contributed by atoms with Gasteiger partial charge in [0, 0.05) is 26.0 Å². The molecule has 0 spiro atoms. The number of thiophene rings is 1. The molecule has 5 rings (SSSR count). The van der Waals surface area contributed by atoms with E-state index < -0.39 is 17.1 Å². The molecule has 7 nitrogen and oxygen atoms in total. The second-order valence-electron chi connectivity index (χ2n) is 10.2. The largest absolute Gasteiger partial charge is 0.321 e. The van der Waals surface area contributed by atoms with Crippen LogP contribution in [-0.4, -0.2) is 23.0 Å². The van der Waals surface area contributed by atoms with E-state index in [2.05, 4.69) is 22.0 Å². The zero-order chi connectivity index (χ0) is 31.1. The molecule has 0 saturated heterocycles. The lowest BCUT2D eigenvalue weighted by Crippen LogP contribution is -2.30. The maximum absolute atomic E-state index is 13.4. The number of nitriles is 1. The van der Waals surface area contributed by atoms with E-state index in [1.54, 1.807) is 85.8 Å². The molecule has 3 N–H and O–H groups in total. The normalized spacial score (nSPS) is 13.2. The minimum atomic E-state index is -0.520. The van der Waals surface area contributed by atoms with Crippen molar-refractivity contribution in [2.75, 3.05) is 10.6 Å². The summed E-state index contributed by atoms with van der Waals surface area (Å²) >= 11 is 8.98. The van der Waals surface area contributed by atoms with Crippen molar-refractivity contribution in [2.45, 2.75) is 42.8 Å². The van der Waals surface area contributed by atoms with Gasteiger partial charge in [0.2, 0.25) is 5.91 Å². The van der Waals surface area contributed by atoms with Gasteiger partial charge in [0.15, 0.2) is 0 Å². The van der Waals surface area contributed by atoms with Crippen LogP contribution >= 0.6 is 34.7 Å². The average Bonchev–Trinajstić information content (AvgIpc) is 3.38. The summed E-state index contributed by atoms with van der Waals surface area (Å²) in [7, 11) is 0. The molecule has 44 heavy (non-hydrogen) atoms. The van der Waals surface area contributed by atoms with E-state index in [4.69, 9.17) is 11.6 Å². The van der Waals surface area contributed by atoms with Gasteiger partial charge in [-0.15, -0.1) is 23.1 Å². The van der Waals surface area contributed by atoms with Crippen molar-refractivity contribution in [1.29, 1.82) is 5.26 Å². The van der Waals surface area contributed by atoms with Crippen molar-refractivity contribution in [1.82, 2.24) is 5.32 Å². The Balaban J connectivity index is 1.28. The third kappa shape index (κ3) is 7.77. The second kappa shape index (κ2) is 14.4. The summed E-state index contributed by atoms with van der Waals surface area (Å²) in [4.78, 5) is 41.4. The quantitative estimate of drug-likeness (QED) is 0.128. The molecule has 1 atom stereocenters. The van der Waals surface area contributed by atoms with Crippen LogP contribution in [0.15, 0.2) is 89.5 Å². The van der Waals surface area contributed by atoms with Gasteiger partial charge in [-0.2, -0.15) is 5.26 Å². The molecular weight excluding hydrogens is 612 g/mol. The van der Waals surface area contributed by atoms with Crippen LogP contribution in [0.3, 0.4) is 0 Å². The Kier molecular flexibility index (Phi) is 10.2. The number of carbonyl (C=O) groups excluding carboxylic acids is 3. The van der Waals surface area contributed by atoms with Gasteiger partial charge in [-0.25, -0.2) is 0 Å². The predicted molar refractivity (Wildman–Crippen MR) is 178 cm³/mol. The van der Waals surface area contributed by atoms with Gasteiger partial charge in [-0.3, -0.25) is 14.4 Å². The second-order valence-corrected chi connectivity index (χ2v) is 13.1. The fourth-order valence-corrected chi connectivity index (χ4v) is 7.16. The molecule has 0 saturated carbocycles. The Morgan fingerprint density at radius 1 is 0.977 bits per heavy atom. The van der Waals surface area contributed by atoms with Crippen LogP contribution in [-0.2, 0) is 22.4 Å². The molecule has 1 aliphatic carbocycles. The summed E-state index contributed by atoms with van der Waals surface area (Å²) in [5.41, 5.74) is 3.25. The standard InChI is InChI=1S/C34H29ClN4O3S2/c1-21(31(40)39-34-28(20-36)27-15-5-6-16-30(27)44-34)43-26-14-8-13-25(19-26)37-33(42)29(18-22-9-7-12-24(35)17-22)38-32(41)23-10-3-2-4-11-23/h2-4,7-14,17-19,21H,5-6,15-16H2,1H3,(H,37,42)(H,38,41)(H,39,40)/b29-18-. The molecule has 0 radical (unpaired) electrons. The highest BCUT2D eigenvalue weighted by Crippen LogP contribution is 2.38. The Morgan fingerprint density at radius 2 is 1.75 bits per heavy atom. The molecule has 10 heteroatoms. The molecule has 1 heterocycles. The molecule has 3 amide bonds. The van der Waals surface area contributed by atoms with E-state index in [0.717, 1.165) is 36.1 Å². The fourth-order valence-electron chi connectivity index (χ4n) is 4.79. The number of carbonyl (C=O) groups is 3. The molecule has 3 aromatic carbocycles. The van der Waals surface area contributed by atoms with E-state index in [1.807, 2.05) is 6.07 Å². The molecule has 0 fully saturated rings. The van der Waals surface area contributed by atoms with E-state index in [-0.39, 0.29) is 11.6 Å². The number of nitrogens with zero attached hydrogens (tertiary/aromatic N) is 1. The van der Waals surface area contributed by atoms with Gasteiger partial charge in [-0.05, 0) is 92.3 Å². The van der Waals surface area contributed by atoms with Crippen LogP contribution in [0, 0.1) is 11.3 Å². The number of fused-ring (bicyclic) bond motifs is 1. The number of thioether (sulfide) groups is 1. The minimum Gasteiger partial charge on any atom is -0.321 e. The number of hydrogen-bond donors (Lipinski definition) is 3. The van der Waals surface area contributed by atoms with Crippen LogP contribution in [0.25, 0.3) is 6.08 Å². The molecular formula is C34H29ClN4O3S2. The molecule has 0 bridgehead atoms. The van der Waals surface area contributed by atoms with Crippen molar-refractivity contribution in [3.05, 3.63) is 117 Å². The van der Waals surface area contributed by atoms with Crippen LogP contribution in [0.5, 0.6) is 0 Å². The van der Waals surface area contributed by atoms with Crippen molar-refractivity contribution in [3.8, 4) is 6.07 Å². The summed E-state index contributed by atoms with van der Waals surface area (Å²) in [5.74, 6) is -1.15. The highest BCUT2D eigenvalue weighted by Gasteiger charge is 2.24. The highest BCUT2D eigenvalue weighted by molar-refractivity contribution is 8.00. The van der Waals surface area contributed by atoms with Crippen molar-refractivity contribution < 1.29 is 14.4 Å². The third-order valence-corrected chi connectivity index (χ3v) is 9.52. The first kappa shape index (κ1) is 31.1. The molecule has 222 valence electrons. The lowest BCUT2D eigenvalue weighted by molar-refractivity contribution is -0.115. The van der Waals surface area contributed by atoms with E-state index >= 15 is 0 Å². The lowest BCUT2D eigenvalue weighted by atomic mass is 9.96. The SMILES string of the molecule is CC(Sc1cccc(NC(=O)/C(=C/c2cccc(Cl)c2)NC(=O)c2ccccc2)c1)C(=O)Nc1sc2c(c1C#N)CCCC2. The molecule has 1 aromatic heterocycles. The lowest BCUT2D eigenvalue weighted by Gasteiger charge is -2.14. The monoisotopic (exact) mass is 640 g/mol. The maximum Gasteiger partial charge on any atom is 0.272 e. The number of anilines is 2. The van der Waals surface area contributed by atoms with Crippen LogP contribution < -0.4 is 16.0 Å². The first-order valence-corrected chi connectivity index (χ1v) is 16.2. The van der Waals surface area contributed by atoms with Crippen molar-refractivity contribution >= 4 is 69.2 Å². The van der Waals surface area contributed by atoms with Gasteiger partial charge in [0.1, 0.15) is 16.8 Å². The first-order valence-electron chi connectivity index (χ1n) is 14.1. The van der Waals surface area contributed by atoms with Crippen LogP contribution in [0.4, 0.5) is 10.7 Å². The smallest absolute Gasteiger partial charge is 0.272 e. The number of halogens is 1. The van der Waals surface area contributed by atoms with Gasteiger partial charge >= 0.3 is 0 Å². The zero-order valence-corrected chi connectivity index (χ0v) is 26.2. The summed E-state index contributed by atoms with van der Waals surface area (Å²) in [6.45, 7) is 1.80. The zero-order valence-electron chi connectivity index (χ0n) is 23.9. The Labute approximate surface area is 269 Å². The van der Waals surface area contributed by atoms with Gasteiger partial charge in [-0.1, -0.05) is 48.0 Å². The van der Waals surface area contributed by atoms with E-state index in [9.17, 15) is 19.6 Å². The fraction of sp³-hybridized carbons (Fsp3) is 0.176. The topological polar surface area (TPSA) is 111 Å². The van der Waals surface area contributed by atoms with Crippen molar-refractivity contribution in [3.63, 3.8) is 0 Å². The Morgan fingerprint density at radius 3 is 2.52 bits per heavy atom. The summed E-state index contributed by atoms with van der Waals surface area (Å²) < 4.78 is 0. The number of aryl methyl sites for hydroxylation is 1. The summed E-state index contributed by atoms with van der Waals surface area (Å²) in [6, 6.07) is 25.0. The Hall–Kier alpha value is -4.36. The molecule has 4 aromatic rings. The molecule has 1 aliphatic rings. The summed E-state index contributed by atoms with van der Waals surface area (Å²) in [6.07, 6.45) is 5.54. The third-order valence-electron chi connectivity index (χ3n) is 6.98. The Bertz CT molecular complexity index is 1780. The summed E-state index contributed by atoms with van der Waals surface area (Å²) in [5, 5.41) is 18.9. The molecule has 0 aliphatic heterocycles. The number of rotatable bonds is 9. The van der Waals surface area contributed by atoms with Gasteiger partial charge < -0.3 is 16.0 Å². The first-order chi connectivity index (χ1) is 21.3.